The van der Waals surface area contributed by atoms with E-state index in [2.05, 4.69) is 19.9 Å². The van der Waals surface area contributed by atoms with Crippen LogP contribution in [0.15, 0.2) is 41.6 Å². The van der Waals surface area contributed by atoms with Gasteiger partial charge >= 0.3 is 0 Å². The molecule has 196 valence electrons. The van der Waals surface area contributed by atoms with Gasteiger partial charge in [-0.25, -0.2) is 23.1 Å². The Morgan fingerprint density at radius 1 is 1.08 bits per heavy atom. The lowest BCUT2D eigenvalue weighted by molar-refractivity contribution is 0.0688. The second-order valence-electron chi connectivity index (χ2n) is 9.26. The zero-order valence-electron chi connectivity index (χ0n) is 21.1. The standard InChI is InChI=1S/C25H19B2ClF3N5O3/c1-11-9-33-19(15-5-6-32-23(35-15)24(3,4)38)18(31)20(11)36-12(2)7-16(17(28)22(36)37)39-25(26,27)21-14(30)8-13(29)10-34-21/h5-10,38H,1-4H3. The molecule has 4 heterocycles. The van der Waals surface area contributed by atoms with Crippen molar-refractivity contribution in [2.75, 3.05) is 0 Å². The highest BCUT2D eigenvalue weighted by molar-refractivity contribution is 6.39. The quantitative estimate of drug-likeness (QED) is 0.366. The van der Waals surface area contributed by atoms with Gasteiger partial charge in [-0.1, -0.05) is 11.6 Å². The maximum absolute atomic E-state index is 16.0. The van der Waals surface area contributed by atoms with E-state index in [0.29, 0.717) is 12.3 Å². The normalized spacial score (nSPS) is 12.0. The van der Waals surface area contributed by atoms with E-state index in [9.17, 15) is 18.7 Å². The van der Waals surface area contributed by atoms with Crippen LogP contribution in [-0.2, 0) is 11.0 Å². The van der Waals surface area contributed by atoms with Crippen LogP contribution in [0.25, 0.3) is 17.1 Å². The Hall–Kier alpha value is -3.70. The van der Waals surface area contributed by atoms with Gasteiger partial charge in [0.25, 0.3) is 5.56 Å². The Balaban J connectivity index is 1.83. The zero-order chi connectivity index (χ0) is 28.9. The third-order valence-corrected chi connectivity index (χ3v) is 5.95. The lowest BCUT2D eigenvalue weighted by Crippen LogP contribution is -2.37. The van der Waals surface area contributed by atoms with Gasteiger partial charge in [0.15, 0.2) is 11.6 Å². The summed E-state index contributed by atoms with van der Waals surface area (Å²) < 4.78 is 49.9. The van der Waals surface area contributed by atoms with E-state index in [0.717, 1.165) is 4.57 Å². The van der Waals surface area contributed by atoms with Crippen molar-refractivity contribution in [1.82, 2.24) is 24.5 Å². The molecule has 0 atom stereocenters. The molecule has 4 aromatic heterocycles. The molecule has 0 saturated heterocycles. The number of aryl methyl sites for hydroxylation is 2. The number of aromatic nitrogens is 5. The summed E-state index contributed by atoms with van der Waals surface area (Å²) in [5, 5.41) is 7.26. The minimum absolute atomic E-state index is 0.0420. The summed E-state index contributed by atoms with van der Waals surface area (Å²) >= 11 is 6.28. The van der Waals surface area contributed by atoms with Crippen molar-refractivity contribution in [2.45, 2.75) is 38.7 Å². The minimum atomic E-state index is -2.44. The number of nitrogens with zero attached hydrogens (tertiary/aromatic N) is 5. The molecule has 0 aliphatic heterocycles. The van der Waals surface area contributed by atoms with Gasteiger partial charge in [-0.2, -0.15) is 0 Å². The van der Waals surface area contributed by atoms with Gasteiger partial charge in [-0.3, -0.25) is 19.3 Å². The van der Waals surface area contributed by atoms with Gasteiger partial charge in [-0.15, -0.1) is 0 Å². The van der Waals surface area contributed by atoms with E-state index in [4.69, 9.17) is 32.0 Å². The number of ether oxygens (including phenoxy) is 1. The maximum Gasteiger partial charge on any atom is 0.278 e. The molecule has 4 aromatic rings. The second kappa shape index (κ2) is 10.1. The molecule has 4 rings (SSSR count). The summed E-state index contributed by atoms with van der Waals surface area (Å²) in [4.78, 5) is 29.3. The highest BCUT2D eigenvalue weighted by atomic mass is 35.5. The van der Waals surface area contributed by atoms with E-state index in [1.54, 1.807) is 0 Å². The third-order valence-electron chi connectivity index (χ3n) is 5.60. The summed E-state index contributed by atoms with van der Waals surface area (Å²) in [6.45, 7) is 5.95. The predicted molar refractivity (Wildman–Crippen MR) is 139 cm³/mol. The molecular weight excluding hydrogens is 532 g/mol. The van der Waals surface area contributed by atoms with Gasteiger partial charge in [0.05, 0.1) is 23.0 Å². The first kappa shape index (κ1) is 28.3. The molecular formula is C25H19B2ClF3N5O3. The number of pyridine rings is 3. The zero-order valence-corrected chi connectivity index (χ0v) is 21.9. The van der Waals surface area contributed by atoms with Gasteiger partial charge in [0, 0.05) is 30.2 Å². The Morgan fingerprint density at radius 3 is 2.41 bits per heavy atom. The van der Waals surface area contributed by atoms with Crippen LogP contribution in [0.3, 0.4) is 0 Å². The summed E-state index contributed by atoms with van der Waals surface area (Å²) in [5.41, 5.74) is -2.82. The number of aliphatic hydroxyl groups is 1. The molecule has 14 heteroatoms. The summed E-state index contributed by atoms with van der Waals surface area (Å²) in [7, 11) is 11.8. The first-order valence-corrected chi connectivity index (χ1v) is 11.7. The molecule has 8 nitrogen and oxygen atoms in total. The largest absolute Gasteiger partial charge is 0.499 e. The smallest absolute Gasteiger partial charge is 0.278 e. The number of hydrogen-bond acceptors (Lipinski definition) is 7. The van der Waals surface area contributed by atoms with Crippen LogP contribution < -0.4 is 10.3 Å². The van der Waals surface area contributed by atoms with Crippen LogP contribution in [0, 0.1) is 31.3 Å². The van der Waals surface area contributed by atoms with Crippen LogP contribution in [0.4, 0.5) is 13.2 Å². The first-order chi connectivity index (χ1) is 18.1. The topological polar surface area (TPSA) is 103 Å². The van der Waals surface area contributed by atoms with E-state index < -0.39 is 44.7 Å². The average molecular weight is 552 g/mol. The van der Waals surface area contributed by atoms with Crippen molar-refractivity contribution in [3.05, 3.63) is 92.4 Å². The molecule has 0 bridgehead atoms. The fraction of sp³-hybridized carbons (Fsp3) is 0.240. The van der Waals surface area contributed by atoms with Crippen molar-refractivity contribution in [3.8, 4) is 22.8 Å². The molecule has 0 amide bonds. The van der Waals surface area contributed by atoms with Crippen molar-refractivity contribution in [1.29, 1.82) is 0 Å². The third kappa shape index (κ3) is 5.41. The van der Waals surface area contributed by atoms with E-state index in [1.807, 2.05) is 0 Å². The van der Waals surface area contributed by atoms with Crippen LogP contribution in [0.5, 0.6) is 5.75 Å². The van der Waals surface area contributed by atoms with Gasteiger partial charge < -0.3 is 9.84 Å². The van der Waals surface area contributed by atoms with Crippen LogP contribution in [0.1, 0.15) is 36.6 Å². The summed E-state index contributed by atoms with van der Waals surface area (Å²) in [6, 6.07) is 3.17. The van der Waals surface area contributed by atoms with Crippen molar-refractivity contribution >= 4 is 27.3 Å². The monoisotopic (exact) mass is 551 g/mol. The molecule has 0 fully saturated rings. The van der Waals surface area contributed by atoms with Crippen LogP contribution in [-0.4, -0.2) is 45.3 Å². The fourth-order valence-electron chi connectivity index (χ4n) is 3.77. The molecule has 39 heavy (non-hydrogen) atoms. The molecule has 0 saturated carbocycles. The number of halogens is 4. The molecule has 0 aromatic carbocycles. The second-order valence-corrected chi connectivity index (χ2v) is 9.64. The van der Waals surface area contributed by atoms with E-state index >= 15 is 4.39 Å². The highest BCUT2D eigenvalue weighted by Crippen LogP contribution is 2.32. The highest BCUT2D eigenvalue weighted by Gasteiger charge is 2.30. The maximum atomic E-state index is 16.0. The molecule has 1 N–H and O–H groups in total. The van der Waals surface area contributed by atoms with Gasteiger partial charge in [0.1, 0.15) is 55.1 Å². The molecule has 0 spiro atoms. The van der Waals surface area contributed by atoms with Crippen molar-refractivity contribution in [2.24, 2.45) is 0 Å². The SMILES string of the molecule is [B]C([B])(Oc1cc(C)n(-c2c(C)cnc(-c3ccnc(C(C)(C)O)n3)c2F)c(=O)c1Cl)c1ncc(F)cc1F. The van der Waals surface area contributed by atoms with Gasteiger partial charge in [-0.05, 0) is 39.3 Å². The Bertz CT molecular complexity index is 1660. The van der Waals surface area contributed by atoms with Crippen LogP contribution in [0.2, 0.25) is 5.02 Å². The molecule has 0 aliphatic rings. The first-order valence-electron chi connectivity index (χ1n) is 11.3. The Kier molecular flexibility index (Phi) is 7.35. The summed E-state index contributed by atoms with van der Waals surface area (Å²) in [5.74, 6) is -3.34. The molecule has 0 aliphatic carbocycles. The fourth-order valence-corrected chi connectivity index (χ4v) is 3.95. The summed E-state index contributed by atoms with van der Waals surface area (Å²) in [6.07, 6.45) is 3.38. The number of hydrogen-bond donors (Lipinski definition) is 1. The predicted octanol–water partition coefficient (Wildman–Crippen LogP) is 3.53. The number of rotatable bonds is 6. The van der Waals surface area contributed by atoms with Gasteiger partial charge in [0.2, 0.25) is 0 Å². The average Bonchev–Trinajstić information content (AvgIpc) is 2.83. The van der Waals surface area contributed by atoms with Crippen molar-refractivity contribution < 1.29 is 23.0 Å². The Labute approximate surface area is 228 Å². The van der Waals surface area contributed by atoms with E-state index in [-0.39, 0.29) is 39.9 Å². The minimum Gasteiger partial charge on any atom is -0.499 e. The Morgan fingerprint density at radius 2 is 1.77 bits per heavy atom. The van der Waals surface area contributed by atoms with Crippen LogP contribution >= 0.6 is 11.6 Å². The van der Waals surface area contributed by atoms with E-state index in [1.165, 1.54) is 52.2 Å². The lowest BCUT2D eigenvalue weighted by Gasteiger charge is -2.28. The van der Waals surface area contributed by atoms with Crippen molar-refractivity contribution in [3.63, 3.8) is 0 Å². The lowest BCUT2D eigenvalue weighted by atomic mass is 9.62. The molecule has 0 unspecified atom stereocenters. The molecule has 4 radical (unpaired) electrons.